The molecule has 0 spiro atoms. The molecule has 0 heterocycles. The summed E-state index contributed by atoms with van der Waals surface area (Å²) in [5.74, 6) is 1.62. The predicted octanol–water partition coefficient (Wildman–Crippen LogP) is 2.09. The zero-order valence-electron chi connectivity index (χ0n) is 11.9. The van der Waals surface area contributed by atoms with Crippen LogP contribution in [0.5, 0.6) is 11.5 Å². The molecule has 2 aromatic carbocycles. The van der Waals surface area contributed by atoms with Crippen LogP contribution in [0.2, 0.25) is 0 Å². The van der Waals surface area contributed by atoms with Crippen LogP contribution in [0.25, 0.3) is 0 Å². The number of para-hydroxylation sites is 2. The lowest BCUT2D eigenvalue weighted by atomic mass is 10.3. The van der Waals surface area contributed by atoms with Gasteiger partial charge in [-0.15, -0.1) is 0 Å². The second-order valence-electron chi connectivity index (χ2n) is 4.64. The third-order valence-corrected chi connectivity index (χ3v) is 2.86. The van der Waals surface area contributed by atoms with E-state index in [0.717, 1.165) is 11.5 Å². The monoisotopic (exact) mass is 287 g/mol. The van der Waals surface area contributed by atoms with Crippen molar-refractivity contribution in [2.45, 2.75) is 6.10 Å². The lowest BCUT2D eigenvalue weighted by Crippen LogP contribution is -2.33. The molecule has 2 aromatic rings. The molecular formula is C17H21NO3. The molecule has 0 unspecified atom stereocenters. The third-order valence-electron chi connectivity index (χ3n) is 2.86. The van der Waals surface area contributed by atoms with Gasteiger partial charge in [-0.05, 0) is 24.3 Å². The Balaban J connectivity index is 1.52. The lowest BCUT2D eigenvalue weighted by Gasteiger charge is -2.13. The standard InChI is InChI=1S/C17H21NO3/c19-15(14-21-17-9-5-2-6-10-17)13-18-11-12-20-16-7-3-1-4-8-16/h1-10,15,18-19H,11-14H2/t15-/m0/s1. The molecule has 1 atom stereocenters. The van der Waals surface area contributed by atoms with Gasteiger partial charge in [-0.1, -0.05) is 36.4 Å². The van der Waals surface area contributed by atoms with Gasteiger partial charge in [-0.3, -0.25) is 0 Å². The first-order valence-electron chi connectivity index (χ1n) is 7.09. The van der Waals surface area contributed by atoms with E-state index in [-0.39, 0.29) is 6.61 Å². The number of ether oxygens (including phenoxy) is 2. The Hall–Kier alpha value is -2.04. The zero-order valence-corrected chi connectivity index (χ0v) is 11.9. The normalized spacial score (nSPS) is 11.9. The van der Waals surface area contributed by atoms with Crippen molar-refractivity contribution in [1.82, 2.24) is 5.32 Å². The summed E-state index contributed by atoms with van der Waals surface area (Å²) in [5.41, 5.74) is 0. The van der Waals surface area contributed by atoms with E-state index >= 15 is 0 Å². The van der Waals surface area contributed by atoms with Crippen molar-refractivity contribution in [3.8, 4) is 11.5 Å². The molecule has 4 nitrogen and oxygen atoms in total. The Bertz CT molecular complexity index is 490. The van der Waals surface area contributed by atoms with Gasteiger partial charge in [0.25, 0.3) is 0 Å². The van der Waals surface area contributed by atoms with Crippen molar-refractivity contribution in [1.29, 1.82) is 0 Å². The summed E-state index contributed by atoms with van der Waals surface area (Å²) in [6, 6.07) is 19.1. The molecule has 0 saturated heterocycles. The summed E-state index contributed by atoms with van der Waals surface area (Å²) < 4.78 is 11.0. The average molecular weight is 287 g/mol. The van der Waals surface area contributed by atoms with Crippen molar-refractivity contribution in [2.75, 3.05) is 26.3 Å². The fraction of sp³-hybridized carbons (Fsp3) is 0.294. The number of rotatable bonds is 9. The van der Waals surface area contributed by atoms with E-state index in [0.29, 0.717) is 19.7 Å². The van der Waals surface area contributed by atoms with E-state index in [1.807, 2.05) is 60.7 Å². The first kappa shape index (κ1) is 15.4. The number of nitrogens with one attached hydrogen (secondary N) is 1. The highest BCUT2D eigenvalue weighted by atomic mass is 16.5. The Morgan fingerprint density at radius 1 is 0.857 bits per heavy atom. The number of aliphatic hydroxyl groups excluding tert-OH is 1. The maximum atomic E-state index is 9.80. The van der Waals surface area contributed by atoms with Crippen molar-refractivity contribution in [3.05, 3.63) is 60.7 Å². The minimum atomic E-state index is -0.540. The highest BCUT2D eigenvalue weighted by Gasteiger charge is 2.04. The smallest absolute Gasteiger partial charge is 0.119 e. The van der Waals surface area contributed by atoms with Gasteiger partial charge in [0.2, 0.25) is 0 Å². The van der Waals surface area contributed by atoms with Crippen LogP contribution in [-0.4, -0.2) is 37.5 Å². The Labute approximate surface area is 125 Å². The maximum absolute atomic E-state index is 9.80. The number of hydrogen-bond acceptors (Lipinski definition) is 4. The summed E-state index contributed by atoms with van der Waals surface area (Å²) >= 11 is 0. The molecule has 0 saturated carbocycles. The average Bonchev–Trinajstić information content (AvgIpc) is 2.54. The van der Waals surface area contributed by atoms with Crippen LogP contribution in [0.15, 0.2) is 60.7 Å². The van der Waals surface area contributed by atoms with Crippen molar-refractivity contribution >= 4 is 0 Å². The number of hydrogen-bond donors (Lipinski definition) is 2. The molecule has 0 amide bonds. The van der Waals surface area contributed by atoms with Gasteiger partial charge in [-0.2, -0.15) is 0 Å². The van der Waals surface area contributed by atoms with Gasteiger partial charge >= 0.3 is 0 Å². The molecule has 0 radical (unpaired) electrons. The van der Waals surface area contributed by atoms with Crippen molar-refractivity contribution < 1.29 is 14.6 Å². The quantitative estimate of drug-likeness (QED) is 0.693. The SMILES string of the molecule is O[C@@H](CNCCOc1ccccc1)COc1ccccc1. The van der Waals surface area contributed by atoms with Crippen LogP contribution in [0.1, 0.15) is 0 Å². The van der Waals surface area contributed by atoms with Crippen LogP contribution in [0, 0.1) is 0 Å². The minimum absolute atomic E-state index is 0.274. The lowest BCUT2D eigenvalue weighted by molar-refractivity contribution is 0.105. The Morgan fingerprint density at radius 3 is 2.05 bits per heavy atom. The second kappa shape index (κ2) is 9.00. The van der Waals surface area contributed by atoms with Crippen LogP contribution >= 0.6 is 0 Å². The largest absolute Gasteiger partial charge is 0.492 e. The van der Waals surface area contributed by atoms with E-state index in [2.05, 4.69) is 5.32 Å². The first-order valence-corrected chi connectivity index (χ1v) is 7.09. The van der Waals surface area contributed by atoms with Gasteiger partial charge in [0.05, 0.1) is 0 Å². The molecular weight excluding hydrogens is 266 g/mol. The summed E-state index contributed by atoms with van der Waals surface area (Å²) in [5, 5.41) is 12.9. The van der Waals surface area contributed by atoms with Crippen LogP contribution in [0.3, 0.4) is 0 Å². The predicted molar refractivity (Wildman–Crippen MR) is 82.8 cm³/mol. The highest BCUT2D eigenvalue weighted by molar-refractivity contribution is 5.21. The summed E-state index contributed by atoms with van der Waals surface area (Å²) in [7, 11) is 0. The van der Waals surface area contributed by atoms with E-state index < -0.39 is 6.10 Å². The molecule has 112 valence electrons. The molecule has 0 bridgehead atoms. The molecule has 0 aromatic heterocycles. The molecule has 2 N–H and O–H groups in total. The minimum Gasteiger partial charge on any atom is -0.492 e. The van der Waals surface area contributed by atoms with Crippen LogP contribution in [0.4, 0.5) is 0 Å². The number of benzene rings is 2. The molecule has 21 heavy (non-hydrogen) atoms. The third kappa shape index (κ3) is 6.29. The van der Waals surface area contributed by atoms with Gasteiger partial charge in [0, 0.05) is 13.1 Å². The van der Waals surface area contributed by atoms with E-state index in [1.165, 1.54) is 0 Å². The van der Waals surface area contributed by atoms with Crippen molar-refractivity contribution in [3.63, 3.8) is 0 Å². The van der Waals surface area contributed by atoms with E-state index in [1.54, 1.807) is 0 Å². The van der Waals surface area contributed by atoms with Crippen LogP contribution < -0.4 is 14.8 Å². The topological polar surface area (TPSA) is 50.7 Å². The fourth-order valence-electron chi connectivity index (χ4n) is 1.79. The maximum Gasteiger partial charge on any atom is 0.119 e. The van der Waals surface area contributed by atoms with Gasteiger partial charge in [0.1, 0.15) is 30.8 Å². The zero-order chi connectivity index (χ0) is 14.8. The van der Waals surface area contributed by atoms with E-state index in [9.17, 15) is 5.11 Å². The highest BCUT2D eigenvalue weighted by Crippen LogP contribution is 2.08. The van der Waals surface area contributed by atoms with Gasteiger partial charge < -0.3 is 19.9 Å². The molecule has 2 rings (SSSR count). The molecule has 0 aliphatic carbocycles. The summed E-state index contributed by atoms with van der Waals surface area (Å²) in [4.78, 5) is 0. The first-order chi connectivity index (χ1) is 10.3. The van der Waals surface area contributed by atoms with Gasteiger partial charge in [-0.25, -0.2) is 0 Å². The van der Waals surface area contributed by atoms with Crippen molar-refractivity contribution in [2.24, 2.45) is 0 Å². The summed E-state index contributed by atoms with van der Waals surface area (Å²) in [6.45, 7) is 2.00. The van der Waals surface area contributed by atoms with E-state index in [4.69, 9.17) is 9.47 Å². The Morgan fingerprint density at radius 2 is 1.43 bits per heavy atom. The summed E-state index contributed by atoms with van der Waals surface area (Å²) in [6.07, 6.45) is -0.540. The molecule has 0 fully saturated rings. The van der Waals surface area contributed by atoms with Crippen LogP contribution in [-0.2, 0) is 0 Å². The molecule has 0 aliphatic rings. The Kier molecular flexibility index (Phi) is 6.58. The molecule has 4 heteroatoms. The fourth-order valence-corrected chi connectivity index (χ4v) is 1.79. The molecule has 0 aliphatic heterocycles. The second-order valence-corrected chi connectivity index (χ2v) is 4.64. The number of aliphatic hydroxyl groups is 1. The van der Waals surface area contributed by atoms with Gasteiger partial charge in [0.15, 0.2) is 0 Å².